The van der Waals surface area contributed by atoms with E-state index < -0.39 is 12.1 Å². The second kappa shape index (κ2) is 12.9. The SMILES string of the molecule is C[C@H](CC#Cc1ccccc1)[C@H](O)/C=C/C1CCC(=O)N1CCCCCCC(=O)O. The molecule has 1 saturated heterocycles. The Morgan fingerprint density at radius 3 is 2.70 bits per heavy atom. The third kappa shape index (κ3) is 8.42. The highest BCUT2D eigenvalue weighted by atomic mass is 16.4. The van der Waals surface area contributed by atoms with Crippen molar-refractivity contribution in [3.63, 3.8) is 0 Å². The maximum Gasteiger partial charge on any atom is 0.303 e. The van der Waals surface area contributed by atoms with Crippen LogP contribution in [-0.4, -0.2) is 45.7 Å². The molecule has 1 heterocycles. The number of carbonyl (C=O) groups is 2. The minimum atomic E-state index is -0.756. The van der Waals surface area contributed by atoms with Gasteiger partial charge in [-0.3, -0.25) is 9.59 Å². The van der Waals surface area contributed by atoms with Gasteiger partial charge in [0, 0.05) is 31.4 Å². The molecule has 0 aromatic heterocycles. The lowest BCUT2D eigenvalue weighted by molar-refractivity contribution is -0.137. The van der Waals surface area contributed by atoms with Crippen molar-refractivity contribution in [2.75, 3.05) is 6.54 Å². The monoisotopic (exact) mass is 411 g/mol. The number of aliphatic hydroxyl groups excluding tert-OH is 1. The zero-order valence-electron chi connectivity index (χ0n) is 17.8. The van der Waals surface area contributed by atoms with Gasteiger partial charge in [0.25, 0.3) is 0 Å². The largest absolute Gasteiger partial charge is 0.481 e. The molecule has 2 rings (SSSR count). The Hall–Kier alpha value is -2.58. The van der Waals surface area contributed by atoms with E-state index in [4.69, 9.17) is 5.11 Å². The van der Waals surface area contributed by atoms with E-state index in [9.17, 15) is 14.7 Å². The molecule has 3 atom stereocenters. The molecule has 30 heavy (non-hydrogen) atoms. The first-order chi connectivity index (χ1) is 14.5. The van der Waals surface area contributed by atoms with E-state index in [-0.39, 0.29) is 24.3 Å². The highest BCUT2D eigenvalue weighted by Crippen LogP contribution is 2.22. The fraction of sp³-hybridized carbons (Fsp3) is 0.520. The van der Waals surface area contributed by atoms with Crippen LogP contribution in [0.1, 0.15) is 63.9 Å². The van der Waals surface area contributed by atoms with Gasteiger partial charge in [0.05, 0.1) is 12.1 Å². The first kappa shape index (κ1) is 23.7. The van der Waals surface area contributed by atoms with Gasteiger partial charge in [-0.05, 0) is 37.3 Å². The van der Waals surface area contributed by atoms with Gasteiger partial charge in [-0.2, -0.15) is 0 Å². The van der Waals surface area contributed by atoms with E-state index in [1.807, 2.05) is 48.2 Å². The summed E-state index contributed by atoms with van der Waals surface area (Å²) >= 11 is 0. The Kier molecular flexibility index (Phi) is 10.2. The first-order valence-corrected chi connectivity index (χ1v) is 10.9. The summed E-state index contributed by atoms with van der Waals surface area (Å²) < 4.78 is 0. The van der Waals surface area contributed by atoms with Gasteiger partial charge in [-0.15, -0.1) is 0 Å². The predicted octanol–water partition coefficient (Wildman–Crippen LogP) is 4.01. The average molecular weight is 412 g/mol. The van der Waals surface area contributed by atoms with Gasteiger partial charge in [0.2, 0.25) is 5.91 Å². The third-order valence-electron chi connectivity index (χ3n) is 5.46. The van der Waals surface area contributed by atoms with Crippen molar-refractivity contribution in [3.05, 3.63) is 48.0 Å². The number of aliphatic hydroxyl groups is 1. The van der Waals surface area contributed by atoms with Crippen LogP contribution in [0.4, 0.5) is 0 Å². The van der Waals surface area contributed by atoms with Crippen LogP contribution < -0.4 is 0 Å². The second-order valence-electron chi connectivity index (χ2n) is 7.98. The summed E-state index contributed by atoms with van der Waals surface area (Å²) in [5, 5.41) is 19.1. The molecule has 0 radical (unpaired) electrons. The van der Waals surface area contributed by atoms with E-state index in [1.165, 1.54) is 0 Å². The number of aliphatic carboxylic acids is 1. The van der Waals surface area contributed by atoms with Crippen molar-refractivity contribution in [2.24, 2.45) is 5.92 Å². The van der Waals surface area contributed by atoms with Crippen LogP contribution in [0.25, 0.3) is 0 Å². The number of carboxylic acid groups (broad SMARTS) is 1. The number of carbonyl (C=O) groups excluding carboxylic acids is 1. The quantitative estimate of drug-likeness (QED) is 0.328. The molecule has 1 fully saturated rings. The molecule has 1 aliphatic heterocycles. The number of benzene rings is 1. The molecule has 1 aromatic rings. The summed E-state index contributed by atoms with van der Waals surface area (Å²) in [6.07, 6.45) is 8.66. The Morgan fingerprint density at radius 2 is 1.97 bits per heavy atom. The summed E-state index contributed by atoms with van der Waals surface area (Å²) in [7, 11) is 0. The molecule has 5 nitrogen and oxygen atoms in total. The Balaban J connectivity index is 1.76. The number of likely N-dealkylation sites (tertiary alicyclic amines) is 1. The highest BCUT2D eigenvalue weighted by molar-refractivity contribution is 5.79. The maximum atomic E-state index is 12.2. The van der Waals surface area contributed by atoms with Crippen LogP contribution in [0.15, 0.2) is 42.5 Å². The molecule has 2 N–H and O–H groups in total. The minimum absolute atomic E-state index is 0.0113. The summed E-state index contributed by atoms with van der Waals surface area (Å²) in [6, 6.07) is 9.83. The maximum absolute atomic E-state index is 12.2. The highest BCUT2D eigenvalue weighted by Gasteiger charge is 2.28. The van der Waals surface area contributed by atoms with E-state index in [0.717, 1.165) is 31.2 Å². The molecule has 162 valence electrons. The molecule has 1 amide bonds. The van der Waals surface area contributed by atoms with Crippen molar-refractivity contribution >= 4 is 11.9 Å². The lowest BCUT2D eigenvalue weighted by Crippen LogP contribution is -2.33. The number of amides is 1. The van der Waals surface area contributed by atoms with Crippen molar-refractivity contribution in [1.29, 1.82) is 0 Å². The molecule has 0 spiro atoms. The van der Waals surface area contributed by atoms with Crippen LogP contribution in [0, 0.1) is 17.8 Å². The number of rotatable bonds is 11. The van der Waals surface area contributed by atoms with Crippen molar-refractivity contribution in [3.8, 4) is 11.8 Å². The molecular weight excluding hydrogens is 378 g/mol. The molecule has 0 bridgehead atoms. The van der Waals surface area contributed by atoms with Gasteiger partial charge < -0.3 is 15.1 Å². The van der Waals surface area contributed by atoms with Crippen molar-refractivity contribution < 1.29 is 19.8 Å². The summed E-state index contributed by atoms with van der Waals surface area (Å²) in [6.45, 7) is 2.67. The molecular formula is C25H33NO4. The Morgan fingerprint density at radius 1 is 1.23 bits per heavy atom. The number of nitrogens with zero attached hydrogens (tertiary/aromatic N) is 1. The van der Waals surface area contributed by atoms with Crippen molar-refractivity contribution in [2.45, 2.75) is 70.4 Å². The molecule has 0 saturated carbocycles. The van der Waals surface area contributed by atoms with Gasteiger partial charge in [0.1, 0.15) is 0 Å². The second-order valence-corrected chi connectivity index (χ2v) is 7.98. The smallest absolute Gasteiger partial charge is 0.303 e. The van der Waals surface area contributed by atoms with Crippen LogP contribution >= 0.6 is 0 Å². The number of hydrogen-bond donors (Lipinski definition) is 2. The van der Waals surface area contributed by atoms with E-state index >= 15 is 0 Å². The predicted molar refractivity (Wildman–Crippen MR) is 118 cm³/mol. The Bertz CT molecular complexity index is 762. The molecule has 0 aliphatic carbocycles. The lowest BCUT2D eigenvalue weighted by Gasteiger charge is -2.23. The van der Waals surface area contributed by atoms with E-state index in [2.05, 4.69) is 11.8 Å². The van der Waals surface area contributed by atoms with Crippen LogP contribution in [0.5, 0.6) is 0 Å². The normalized spacial score (nSPS) is 18.3. The molecule has 5 heteroatoms. The topological polar surface area (TPSA) is 77.8 Å². The number of unbranched alkanes of at least 4 members (excludes halogenated alkanes) is 3. The fourth-order valence-corrected chi connectivity index (χ4v) is 3.55. The zero-order chi connectivity index (χ0) is 21.8. The van der Waals surface area contributed by atoms with E-state index in [1.54, 1.807) is 6.08 Å². The minimum Gasteiger partial charge on any atom is -0.481 e. The van der Waals surface area contributed by atoms with Crippen LogP contribution in [0.3, 0.4) is 0 Å². The van der Waals surface area contributed by atoms with E-state index in [0.29, 0.717) is 25.8 Å². The average Bonchev–Trinajstić information content (AvgIpc) is 3.08. The molecule has 1 aliphatic rings. The Labute approximate surface area is 179 Å². The van der Waals surface area contributed by atoms with Crippen molar-refractivity contribution in [1.82, 2.24) is 4.90 Å². The van der Waals surface area contributed by atoms with Gasteiger partial charge in [0.15, 0.2) is 0 Å². The first-order valence-electron chi connectivity index (χ1n) is 10.9. The molecule has 1 unspecified atom stereocenters. The number of hydrogen-bond acceptors (Lipinski definition) is 3. The molecule has 1 aromatic carbocycles. The van der Waals surface area contributed by atoms with Crippen LogP contribution in [0.2, 0.25) is 0 Å². The fourth-order valence-electron chi connectivity index (χ4n) is 3.55. The van der Waals surface area contributed by atoms with Crippen LogP contribution in [-0.2, 0) is 9.59 Å². The summed E-state index contributed by atoms with van der Waals surface area (Å²) in [5.41, 5.74) is 0.970. The standard InChI is InChI=1S/C25H33NO4/c1-20(10-9-13-21-11-5-4-6-12-21)23(27)17-15-22-16-18-24(28)26(22)19-8-3-2-7-14-25(29)30/h4-6,11-12,15,17,20,22-23,27H,2-3,7-8,10,14,16,18-19H2,1H3,(H,29,30)/b17-15+/t20-,22?,23-/m1/s1. The number of carboxylic acids is 1. The lowest BCUT2D eigenvalue weighted by atomic mass is 9.99. The van der Waals surface area contributed by atoms with Gasteiger partial charge in [-0.25, -0.2) is 0 Å². The third-order valence-corrected chi connectivity index (χ3v) is 5.46. The van der Waals surface area contributed by atoms with Gasteiger partial charge in [-0.1, -0.05) is 62.0 Å². The summed E-state index contributed by atoms with van der Waals surface area (Å²) in [4.78, 5) is 24.6. The summed E-state index contributed by atoms with van der Waals surface area (Å²) in [5.74, 6) is 5.66. The zero-order valence-corrected chi connectivity index (χ0v) is 17.8. The van der Waals surface area contributed by atoms with Gasteiger partial charge >= 0.3 is 5.97 Å².